The van der Waals surface area contributed by atoms with E-state index >= 15 is 0 Å². The summed E-state index contributed by atoms with van der Waals surface area (Å²) in [5.74, 6) is 1.45. The second kappa shape index (κ2) is 2.91. The first-order valence-corrected chi connectivity index (χ1v) is 4.62. The molecule has 0 saturated heterocycles. The Hall–Kier alpha value is -2.17. The van der Waals surface area contributed by atoms with Crippen LogP contribution in [-0.2, 0) is 0 Å². The van der Waals surface area contributed by atoms with Gasteiger partial charge in [-0.15, -0.1) is 0 Å². The molecule has 0 saturated carbocycles. The van der Waals surface area contributed by atoms with E-state index in [2.05, 4.69) is 19.9 Å². The van der Waals surface area contributed by atoms with Gasteiger partial charge in [-0.3, -0.25) is 4.98 Å². The lowest BCUT2D eigenvalue weighted by Crippen LogP contribution is -2.00. The maximum Gasteiger partial charge on any atom is 0.303 e. The highest BCUT2D eigenvalue weighted by Crippen LogP contribution is 2.22. The van der Waals surface area contributed by atoms with Crippen molar-refractivity contribution in [3.63, 3.8) is 0 Å². The fourth-order valence-corrected chi connectivity index (χ4v) is 1.58. The quantitative estimate of drug-likeness (QED) is 0.645. The highest BCUT2D eigenvalue weighted by atomic mass is 16.3. The van der Waals surface area contributed by atoms with Gasteiger partial charge in [0.15, 0.2) is 17.8 Å². The molecule has 3 aromatic heterocycles. The summed E-state index contributed by atoms with van der Waals surface area (Å²) >= 11 is 0. The standard InChI is InChI=1S/C10H8N4O/c1-6-13-8(7-3-2-4-15-7)9-10(14-6)12-5-11-9/h2-5H,1H3,(H,11,12,13,14)/p+1. The van der Waals surface area contributed by atoms with E-state index in [0.717, 1.165) is 22.6 Å². The van der Waals surface area contributed by atoms with E-state index in [-0.39, 0.29) is 0 Å². The molecule has 74 valence electrons. The largest absolute Gasteiger partial charge is 0.463 e. The van der Waals surface area contributed by atoms with Crippen LogP contribution in [0.3, 0.4) is 0 Å². The van der Waals surface area contributed by atoms with Crippen molar-refractivity contribution in [2.24, 2.45) is 0 Å². The van der Waals surface area contributed by atoms with Crippen molar-refractivity contribution < 1.29 is 9.40 Å². The molecule has 0 fully saturated rings. The molecular weight excluding hydrogens is 192 g/mol. The number of rotatable bonds is 1. The summed E-state index contributed by atoms with van der Waals surface area (Å²) in [7, 11) is 0. The zero-order chi connectivity index (χ0) is 10.3. The van der Waals surface area contributed by atoms with E-state index in [1.807, 2.05) is 19.1 Å². The van der Waals surface area contributed by atoms with Crippen molar-refractivity contribution >= 4 is 11.2 Å². The van der Waals surface area contributed by atoms with Crippen molar-refractivity contribution in [3.05, 3.63) is 30.5 Å². The lowest BCUT2D eigenvalue weighted by Gasteiger charge is -1.94. The maximum absolute atomic E-state index is 5.33. The predicted octanol–water partition coefficient (Wildman–Crippen LogP) is 1.34. The number of imidazole rings is 1. The first-order chi connectivity index (χ1) is 7.34. The Bertz CT molecular complexity index is 597. The van der Waals surface area contributed by atoms with Gasteiger partial charge in [-0.25, -0.2) is 9.97 Å². The molecule has 2 N–H and O–H groups in total. The Kier molecular flexibility index (Phi) is 1.58. The molecule has 0 aromatic carbocycles. The first-order valence-electron chi connectivity index (χ1n) is 4.62. The summed E-state index contributed by atoms with van der Waals surface area (Å²) in [5.41, 5.74) is 2.42. The molecule has 0 aliphatic rings. The van der Waals surface area contributed by atoms with Gasteiger partial charge in [0.25, 0.3) is 0 Å². The normalized spacial score (nSPS) is 11.0. The first kappa shape index (κ1) is 8.16. The van der Waals surface area contributed by atoms with Gasteiger partial charge in [0.05, 0.1) is 6.26 Å². The molecule has 5 heteroatoms. The van der Waals surface area contributed by atoms with Crippen LogP contribution in [-0.4, -0.2) is 15.0 Å². The second-order valence-electron chi connectivity index (χ2n) is 3.25. The molecule has 0 radical (unpaired) electrons. The minimum atomic E-state index is 0.713. The van der Waals surface area contributed by atoms with E-state index in [0.29, 0.717) is 5.82 Å². The Morgan fingerprint density at radius 1 is 1.40 bits per heavy atom. The summed E-state index contributed by atoms with van der Waals surface area (Å²) in [4.78, 5) is 14.7. The molecule has 0 aliphatic heterocycles. The molecule has 5 nitrogen and oxygen atoms in total. The molecule has 0 unspecified atom stereocenters. The van der Waals surface area contributed by atoms with E-state index in [9.17, 15) is 0 Å². The fraction of sp³-hybridized carbons (Fsp3) is 0.100. The van der Waals surface area contributed by atoms with E-state index in [1.165, 1.54) is 0 Å². The molecule has 0 aliphatic carbocycles. The second-order valence-corrected chi connectivity index (χ2v) is 3.25. The van der Waals surface area contributed by atoms with Crippen molar-refractivity contribution in [3.8, 4) is 11.5 Å². The average Bonchev–Trinajstić information content (AvgIpc) is 2.86. The molecular formula is C10H9N4O+. The third kappa shape index (κ3) is 1.20. The summed E-state index contributed by atoms with van der Waals surface area (Å²) < 4.78 is 5.33. The number of hydrogen-bond donors (Lipinski definition) is 1. The van der Waals surface area contributed by atoms with Crippen molar-refractivity contribution in [1.29, 1.82) is 0 Å². The van der Waals surface area contributed by atoms with Crippen LogP contribution in [0.4, 0.5) is 0 Å². The number of aromatic amines is 2. The number of nitrogens with zero attached hydrogens (tertiary/aromatic N) is 2. The van der Waals surface area contributed by atoms with Gasteiger partial charge in [-0.2, -0.15) is 0 Å². The predicted molar refractivity (Wildman–Crippen MR) is 52.9 cm³/mol. The Labute approximate surface area is 85.2 Å². The van der Waals surface area contributed by atoms with Crippen LogP contribution in [0.25, 0.3) is 22.6 Å². The Morgan fingerprint density at radius 3 is 3.13 bits per heavy atom. The van der Waals surface area contributed by atoms with Gasteiger partial charge >= 0.3 is 5.65 Å². The third-order valence-electron chi connectivity index (χ3n) is 2.20. The smallest absolute Gasteiger partial charge is 0.303 e. The molecule has 0 spiro atoms. The van der Waals surface area contributed by atoms with Gasteiger partial charge in [0.1, 0.15) is 0 Å². The van der Waals surface area contributed by atoms with Gasteiger partial charge in [-0.05, 0) is 12.1 Å². The fourth-order valence-electron chi connectivity index (χ4n) is 1.58. The van der Waals surface area contributed by atoms with Gasteiger partial charge in [0, 0.05) is 6.92 Å². The number of H-pyrrole nitrogens is 2. The lowest BCUT2D eigenvalue weighted by molar-refractivity contribution is -0.347. The number of hydrogen-bond acceptors (Lipinski definition) is 3. The number of aryl methyl sites for hydroxylation is 1. The number of furan rings is 1. The topological polar surface area (TPSA) is 68.8 Å². The highest BCUT2D eigenvalue weighted by molar-refractivity contribution is 5.82. The molecule has 0 amide bonds. The molecule has 3 aromatic rings. The van der Waals surface area contributed by atoms with Gasteiger partial charge < -0.3 is 4.42 Å². The van der Waals surface area contributed by atoms with Crippen LogP contribution in [0.1, 0.15) is 5.82 Å². The van der Waals surface area contributed by atoms with Crippen LogP contribution in [0.5, 0.6) is 0 Å². The van der Waals surface area contributed by atoms with E-state index < -0.39 is 0 Å². The average molecular weight is 201 g/mol. The molecule has 0 bridgehead atoms. The van der Waals surface area contributed by atoms with E-state index in [1.54, 1.807) is 12.6 Å². The van der Waals surface area contributed by atoms with Crippen LogP contribution in [0.15, 0.2) is 29.1 Å². The SMILES string of the molecule is Cc1nc(-c2ccco2)c2[nH]c[nH+]c2n1. The monoisotopic (exact) mass is 201 g/mol. The van der Waals surface area contributed by atoms with E-state index in [4.69, 9.17) is 4.42 Å². The Morgan fingerprint density at radius 2 is 2.33 bits per heavy atom. The van der Waals surface area contributed by atoms with Gasteiger partial charge in [0.2, 0.25) is 11.3 Å². The summed E-state index contributed by atoms with van der Waals surface area (Å²) in [5, 5.41) is 0. The maximum atomic E-state index is 5.33. The molecule has 0 atom stereocenters. The zero-order valence-corrected chi connectivity index (χ0v) is 8.11. The zero-order valence-electron chi connectivity index (χ0n) is 8.11. The minimum Gasteiger partial charge on any atom is -0.463 e. The summed E-state index contributed by atoms with van der Waals surface area (Å²) in [6.07, 6.45) is 3.36. The minimum absolute atomic E-state index is 0.713. The molecule has 3 heterocycles. The van der Waals surface area contributed by atoms with Crippen molar-refractivity contribution in [2.45, 2.75) is 6.92 Å². The number of nitrogens with one attached hydrogen (secondary N) is 2. The van der Waals surface area contributed by atoms with Gasteiger partial charge in [-0.1, -0.05) is 4.98 Å². The summed E-state index contributed by atoms with van der Waals surface area (Å²) in [6, 6.07) is 3.72. The number of fused-ring (bicyclic) bond motifs is 1. The van der Waals surface area contributed by atoms with Crippen LogP contribution < -0.4 is 4.98 Å². The highest BCUT2D eigenvalue weighted by Gasteiger charge is 2.16. The lowest BCUT2D eigenvalue weighted by atomic mass is 10.3. The Balaban J connectivity index is 2.38. The van der Waals surface area contributed by atoms with Crippen LogP contribution >= 0.6 is 0 Å². The third-order valence-corrected chi connectivity index (χ3v) is 2.20. The van der Waals surface area contributed by atoms with Crippen LogP contribution in [0.2, 0.25) is 0 Å². The molecule has 15 heavy (non-hydrogen) atoms. The summed E-state index contributed by atoms with van der Waals surface area (Å²) in [6.45, 7) is 1.85. The molecule has 3 rings (SSSR count). The number of aromatic nitrogens is 4. The van der Waals surface area contributed by atoms with Crippen molar-refractivity contribution in [1.82, 2.24) is 15.0 Å². The van der Waals surface area contributed by atoms with Crippen LogP contribution in [0, 0.1) is 6.92 Å². The van der Waals surface area contributed by atoms with Crippen molar-refractivity contribution in [2.75, 3.05) is 0 Å².